The third-order valence-corrected chi connectivity index (χ3v) is 8.49. The number of hydrogen-bond donors (Lipinski definition) is 0. The van der Waals surface area contributed by atoms with E-state index in [4.69, 9.17) is 9.47 Å². The summed E-state index contributed by atoms with van der Waals surface area (Å²) in [5.74, 6) is -0.552. The lowest BCUT2D eigenvalue weighted by Crippen LogP contribution is -2.38. The molecule has 35 heavy (non-hydrogen) atoms. The van der Waals surface area contributed by atoms with E-state index < -0.39 is 15.7 Å². The van der Waals surface area contributed by atoms with Gasteiger partial charge < -0.3 is 18.9 Å². The van der Waals surface area contributed by atoms with Gasteiger partial charge in [0.25, 0.3) is 0 Å². The Bertz CT molecular complexity index is 1130. The van der Waals surface area contributed by atoms with Gasteiger partial charge in [0.2, 0.25) is 20.9 Å². The normalized spacial score (nSPS) is 22.5. The molecule has 8 nitrogen and oxygen atoms in total. The van der Waals surface area contributed by atoms with Crippen molar-refractivity contribution in [3.63, 3.8) is 0 Å². The van der Waals surface area contributed by atoms with Gasteiger partial charge >= 0.3 is 0 Å². The van der Waals surface area contributed by atoms with E-state index in [0.717, 1.165) is 38.5 Å². The van der Waals surface area contributed by atoms with Gasteiger partial charge in [0.1, 0.15) is 5.82 Å². The van der Waals surface area contributed by atoms with Crippen molar-refractivity contribution in [1.29, 1.82) is 0 Å². The molecule has 1 aliphatic carbocycles. The van der Waals surface area contributed by atoms with Crippen molar-refractivity contribution in [2.24, 2.45) is 5.92 Å². The molecular formula is C25H32FN3O5S. The first-order chi connectivity index (χ1) is 16.9. The number of hydrogen-bond acceptors (Lipinski definition) is 6. The standard InChI is InChI=1S/C25H32FN3O5S/c26-20-9-5-18(6-10-20)17-35(31,32)25-27-13-21(29(25)16-23-4-2-12-34-23)14-28(24(30)19-7-8-19)15-22-3-1-11-33-22/h5-6,9-10,13,19,22-23H,1-4,7-8,11-12,14-17H2/t22-,23-/m0/s1. The van der Waals surface area contributed by atoms with E-state index in [2.05, 4.69) is 4.98 Å². The first-order valence-electron chi connectivity index (χ1n) is 12.4. The maximum absolute atomic E-state index is 13.4. The lowest BCUT2D eigenvalue weighted by molar-refractivity contribution is -0.134. The second kappa shape index (κ2) is 10.4. The van der Waals surface area contributed by atoms with Gasteiger partial charge in [-0.25, -0.2) is 17.8 Å². The van der Waals surface area contributed by atoms with E-state index >= 15 is 0 Å². The number of nitrogens with zero attached hydrogens (tertiary/aromatic N) is 3. The molecule has 1 aromatic heterocycles. The van der Waals surface area contributed by atoms with Gasteiger partial charge in [-0.05, 0) is 56.2 Å². The number of aromatic nitrogens is 2. The second-order valence-electron chi connectivity index (χ2n) is 9.79. The zero-order valence-electron chi connectivity index (χ0n) is 19.8. The molecule has 3 heterocycles. The molecule has 0 radical (unpaired) electrons. The van der Waals surface area contributed by atoms with Crippen LogP contribution in [0.1, 0.15) is 49.8 Å². The maximum Gasteiger partial charge on any atom is 0.228 e. The Morgan fingerprint density at radius 2 is 1.74 bits per heavy atom. The fraction of sp³-hybridized carbons (Fsp3) is 0.600. The van der Waals surface area contributed by atoms with Crippen molar-refractivity contribution in [3.05, 3.63) is 47.5 Å². The molecule has 2 saturated heterocycles. The van der Waals surface area contributed by atoms with Crippen LogP contribution in [0.5, 0.6) is 0 Å². The Labute approximate surface area is 205 Å². The summed E-state index contributed by atoms with van der Waals surface area (Å²) in [6.45, 7) is 2.49. The fourth-order valence-electron chi connectivity index (χ4n) is 4.87. The largest absolute Gasteiger partial charge is 0.376 e. The summed E-state index contributed by atoms with van der Waals surface area (Å²) >= 11 is 0. The molecule has 1 amide bonds. The number of rotatable bonds is 10. The minimum atomic E-state index is -3.81. The van der Waals surface area contributed by atoms with E-state index in [1.807, 2.05) is 4.90 Å². The van der Waals surface area contributed by atoms with Gasteiger partial charge in [-0.2, -0.15) is 0 Å². The summed E-state index contributed by atoms with van der Waals surface area (Å²) in [6, 6.07) is 5.45. The van der Waals surface area contributed by atoms with Crippen molar-refractivity contribution < 1.29 is 27.1 Å². The van der Waals surface area contributed by atoms with Gasteiger partial charge in [0.15, 0.2) is 0 Å². The molecular weight excluding hydrogens is 473 g/mol. The van der Waals surface area contributed by atoms with E-state index in [0.29, 0.717) is 37.6 Å². The summed E-state index contributed by atoms with van der Waals surface area (Å²) < 4.78 is 53.4. The number of carbonyl (C=O) groups is 1. The van der Waals surface area contributed by atoms with Crippen LogP contribution in [0.3, 0.4) is 0 Å². The highest BCUT2D eigenvalue weighted by molar-refractivity contribution is 7.90. The molecule has 190 valence electrons. The Balaban J connectivity index is 1.42. The third-order valence-electron chi connectivity index (χ3n) is 6.90. The number of amides is 1. The van der Waals surface area contributed by atoms with Gasteiger partial charge in [-0.3, -0.25) is 4.79 Å². The first kappa shape index (κ1) is 24.4. The summed E-state index contributed by atoms with van der Waals surface area (Å²) in [5, 5.41) is -0.0386. The Kier molecular flexibility index (Phi) is 7.22. The lowest BCUT2D eigenvalue weighted by Gasteiger charge is -2.26. The molecule has 1 saturated carbocycles. The molecule has 5 rings (SSSR count). The Hall–Kier alpha value is -2.30. The smallest absolute Gasteiger partial charge is 0.228 e. The van der Waals surface area contributed by atoms with Crippen LogP contribution in [0.25, 0.3) is 0 Å². The highest BCUT2D eigenvalue weighted by Gasteiger charge is 2.36. The molecule has 0 unspecified atom stereocenters. The zero-order valence-corrected chi connectivity index (χ0v) is 20.6. The van der Waals surface area contributed by atoms with Crippen molar-refractivity contribution >= 4 is 15.7 Å². The van der Waals surface area contributed by atoms with Crippen molar-refractivity contribution in [2.75, 3.05) is 19.8 Å². The average molecular weight is 506 g/mol. The van der Waals surface area contributed by atoms with Crippen LogP contribution in [0.15, 0.2) is 35.6 Å². The number of halogens is 1. The Morgan fingerprint density at radius 3 is 2.37 bits per heavy atom. The van der Waals surface area contributed by atoms with Gasteiger partial charge in [0, 0.05) is 25.7 Å². The zero-order chi connectivity index (χ0) is 24.4. The van der Waals surface area contributed by atoms with Gasteiger partial charge in [-0.15, -0.1) is 0 Å². The molecule has 0 bridgehead atoms. The molecule has 2 atom stereocenters. The molecule has 2 aromatic rings. The number of imidazole rings is 1. The molecule has 0 spiro atoms. The van der Waals surface area contributed by atoms with Crippen LogP contribution < -0.4 is 0 Å². The number of sulfone groups is 1. The summed E-state index contributed by atoms with van der Waals surface area (Å²) in [4.78, 5) is 19.2. The van der Waals surface area contributed by atoms with Crippen molar-refractivity contribution in [1.82, 2.24) is 14.5 Å². The monoisotopic (exact) mass is 505 g/mol. The van der Waals surface area contributed by atoms with Crippen molar-refractivity contribution in [3.8, 4) is 0 Å². The quantitative estimate of drug-likeness (QED) is 0.493. The summed E-state index contributed by atoms with van der Waals surface area (Å²) in [6.07, 6.45) is 6.94. The maximum atomic E-state index is 13.4. The van der Waals surface area contributed by atoms with Gasteiger partial charge in [0.05, 0.1) is 42.9 Å². The van der Waals surface area contributed by atoms with E-state index in [1.165, 1.54) is 24.3 Å². The molecule has 2 aliphatic heterocycles. The third kappa shape index (κ3) is 5.92. The average Bonchev–Trinajstić information content (AvgIpc) is 3.18. The predicted octanol–water partition coefficient (Wildman–Crippen LogP) is 3.09. The Morgan fingerprint density at radius 1 is 1.06 bits per heavy atom. The number of benzene rings is 1. The van der Waals surface area contributed by atoms with Crippen LogP contribution >= 0.6 is 0 Å². The summed E-state index contributed by atoms with van der Waals surface area (Å²) in [7, 11) is -3.81. The molecule has 3 fully saturated rings. The number of carbonyl (C=O) groups excluding carboxylic acids is 1. The number of ether oxygens (including phenoxy) is 2. The second-order valence-corrected chi connectivity index (χ2v) is 11.7. The SMILES string of the molecule is O=C(C1CC1)N(Cc1cnc(S(=O)(=O)Cc2ccc(F)cc2)n1C[C@@H]1CCCO1)C[C@@H]1CCCO1. The van der Waals surface area contributed by atoms with E-state index in [-0.39, 0.29) is 41.5 Å². The lowest BCUT2D eigenvalue weighted by atomic mass is 10.2. The minimum absolute atomic E-state index is 0.00826. The predicted molar refractivity (Wildman–Crippen MR) is 126 cm³/mol. The molecule has 3 aliphatic rings. The highest BCUT2D eigenvalue weighted by Crippen LogP contribution is 2.32. The molecule has 1 aromatic carbocycles. The van der Waals surface area contributed by atoms with Gasteiger partial charge in [-0.1, -0.05) is 12.1 Å². The van der Waals surface area contributed by atoms with Crippen LogP contribution in [-0.4, -0.2) is 60.7 Å². The van der Waals surface area contributed by atoms with E-state index in [1.54, 1.807) is 10.8 Å². The van der Waals surface area contributed by atoms with Crippen LogP contribution in [0.4, 0.5) is 4.39 Å². The highest BCUT2D eigenvalue weighted by atomic mass is 32.2. The molecule has 0 N–H and O–H groups in total. The molecule has 10 heteroatoms. The van der Waals surface area contributed by atoms with Crippen molar-refractivity contribution in [2.45, 2.75) is 74.7 Å². The topological polar surface area (TPSA) is 90.7 Å². The van der Waals surface area contributed by atoms with E-state index in [9.17, 15) is 17.6 Å². The van der Waals surface area contributed by atoms with Crippen LogP contribution in [0.2, 0.25) is 0 Å². The fourth-order valence-corrected chi connectivity index (χ4v) is 6.37. The van der Waals surface area contributed by atoms with Crippen LogP contribution in [-0.2, 0) is 42.9 Å². The van der Waals surface area contributed by atoms with Crippen LogP contribution in [0, 0.1) is 11.7 Å². The summed E-state index contributed by atoms with van der Waals surface area (Å²) in [5.41, 5.74) is 1.16. The first-order valence-corrected chi connectivity index (χ1v) is 14.1. The minimum Gasteiger partial charge on any atom is -0.376 e.